The highest BCUT2D eigenvalue weighted by Gasteiger charge is 2.15. The van der Waals surface area contributed by atoms with E-state index in [-0.39, 0.29) is 18.0 Å². The van der Waals surface area contributed by atoms with Gasteiger partial charge in [-0.2, -0.15) is 0 Å². The van der Waals surface area contributed by atoms with Gasteiger partial charge in [-0.05, 0) is 41.5 Å². The molecule has 0 spiro atoms. The molecule has 0 saturated heterocycles. The van der Waals surface area contributed by atoms with Gasteiger partial charge in [-0.3, -0.25) is 9.59 Å². The summed E-state index contributed by atoms with van der Waals surface area (Å²) in [7, 11) is 0. The Hall–Kier alpha value is -3.70. The zero-order valence-electron chi connectivity index (χ0n) is 16.7. The lowest BCUT2D eigenvalue weighted by molar-refractivity contribution is -0.127. The summed E-state index contributed by atoms with van der Waals surface area (Å²) in [6.45, 7) is 0.520. The monoisotopic (exact) mass is 429 g/mol. The molecule has 0 atom stereocenters. The summed E-state index contributed by atoms with van der Waals surface area (Å²) in [6.07, 6.45) is 3.30. The van der Waals surface area contributed by atoms with Crippen LogP contribution >= 0.6 is 11.6 Å². The summed E-state index contributed by atoms with van der Waals surface area (Å²) in [4.78, 5) is 34.4. The number of nitrogens with one attached hydrogen (secondary N) is 1. The van der Waals surface area contributed by atoms with E-state index >= 15 is 0 Å². The Morgan fingerprint density at radius 2 is 1.65 bits per heavy atom. The molecule has 6 heteroatoms. The van der Waals surface area contributed by atoms with Gasteiger partial charge in [0.15, 0.2) is 0 Å². The molecule has 1 N–H and O–H groups in total. The molecule has 0 aliphatic heterocycles. The molecule has 1 aromatic heterocycles. The SMILES string of the molecule is O=C(/C=C/c1ccccc1)N(Cc1ccc(Cl)cc1)Cc1nc2ccccc2c(=O)[nH]1. The summed E-state index contributed by atoms with van der Waals surface area (Å²) in [5, 5.41) is 1.15. The molecule has 1 amide bonds. The molecule has 3 aromatic carbocycles. The Morgan fingerprint density at radius 1 is 0.935 bits per heavy atom. The number of para-hydroxylation sites is 1. The molecule has 0 aliphatic carbocycles. The van der Waals surface area contributed by atoms with Gasteiger partial charge in [-0.15, -0.1) is 0 Å². The number of rotatable bonds is 6. The van der Waals surface area contributed by atoms with Gasteiger partial charge in [-0.1, -0.05) is 66.2 Å². The Morgan fingerprint density at radius 3 is 2.42 bits per heavy atom. The number of halogens is 1. The Kier molecular flexibility index (Phi) is 6.24. The summed E-state index contributed by atoms with van der Waals surface area (Å²) in [6, 6.07) is 24.1. The Balaban J connectivity index is 1.63. The van der Waals surface area contributed by atoms with E-state index in [1.165, 1.54) is 6.08 Å². The van der Waals surface area contributed by atoms with Gasteiger partial charge in [0.25, 0.3) is 5.56 Å². The largest absolute Gasteiger partial charge is 0.327 e. The lowest BCUT2D eigenvalue weighted by Crippen LogP contribution is -2.30. The molecule has 0 saturated carbocycles. The fraction of sp³-hybridized carbons (Fsp3) is 0.0800. The van der Waals surface area contributed by atoms with Crippen molar-refractivity contribution in [3.05, 3.63) is 117 Å². The van der Waals surface area contributed by atoms with E-state index in [0.29, 0.717) is 28.3 Å². The maximum absolute atomic E-state index is 13.0. The van der Waals surface area contributed by atoms with E-state index < -0.39 is 0 Å². The Bertz CT molecular complexity index is 1280. The average molecular weight is 430 g/mol. The van der Waals surface area contributed by atoms with Gasteiger partial charge in [0.1, 0.15) is 5.82 Å². The number of carbonyl (C=O) groups is 1. The number of carbonyl (C=O) groups excluding carboxylic acids is 1. The molecule has 0 radical (unpaired) electrons. The van der Waals surface area contributed by atoms with Gasteiger partial charge >= 0.3 is 0 Å². The summed E-state index contributed by atoms with van der Waals surface area (Å²) in [5.41, 5.74) is 2.23. The molecule has 4 aromatic rings. The van der Waals surface area contributed by atoms with Gasteiger partial charge in [0, 0.05) is 17.6 Å². The lowest BCUT2D eigenvalue weighted by Gasteiger charge is -2.21. The molecule has 0 aliphatic rings. The van der Waals surface area contributed by atoms with Gasteiger partial charge < -0.3 is 9.88 Å². The molecule has 31 heavy (non-hydrogen) atoms. The lowest BCUT2D eigenvalue weighted by atomic mass is 10.2. The highest BCUT2D eigenvalue weighted by Crippen LogP contribution is 2.14. The first-order valence-corrected chi connectivity index (χ1v) is 10.2. The van der Waals surface area contributed by atoms with Crippen LogP contribution in [0.3, 0.4) is 0 Å². The van der Waals surface area contributed by atoms with Gasteiger partial charge in [0.05, 0.1) is 17.4 Å². The highest BCUT2D eigenvalue weighted by molar-refractivity contribution is 6.30. The van der Waals surface area contributed by atoms with Crippen LogP contribution in [0.4, 0.5) is 0 Å². The van der Waals surface area contributed by atoms with E-state index in [4.69, 9.17) is 11.6 Å². The van der Waals surface area contributed by atoms with Crippen molar-refractivity contribution in [2.24, 2.45) is 0 Å². The van der Waals surface area contributed by atoms with E-state index in [9.17, 15) is 9.59 Å². The second-order valence-corrected chi connectivity index (χ2v) is 7.53. The molecule has 154 valence electrons. The van der Waals surface area contributed by atoms with Crippen LogP contribution in [0.1, 0.15) is 17.0 Å². The minimum atomic E-state index is -0.223. The maximum Gasteiger partial charge on any atom is 0.258 e. The second-order valence-electron chi connectivity index (χ2n) is 7.09. The van der Waals surface area contributed by atoms with Gasteiger partial charge in [0.2, 0.25) is 5.91 Å². The number of nitrogens with zero attached hydrogens (tertiary/aromatic N) is 2. The first kappa shape index (κ1) is 20.6. The van der Waals surface area contributed by atoms with Crippen LogP contribution in [0, 0.1) is 0 Å². The first-order valence-electron chi connectivity index (χ1n) is 9.83. The quantitative estimate of drug-likeness (QED) is 0.447. The zero-order chi connectivity index (χ0) is 21.6. The number of fused-ring (bicyclic) bond motifs is 1. The van der Waals surface area contributed by atoms with Crippen LogP contribution in [0.2, 0.25) is 5.02 Å². The standard InChI is InChI=1S/C25H20ClN3O2/c26-20-13-10-19(11-14-20)16-29(24(30)15-12-18-6-2-1-3-7-18)17-23-27-22-9-5-4-8-21(22)25(31)28-23/h1-15H,16-17H2,(H,27,28,31)/b15-12+. The predicted molar refractivity (Wildman–Crippen MR) is 124 cm³/mol. The molecule has 5 nitrogen and oxygen atoms in total. The minimum Gasteiger partial charge on any atom is -0.327 e. The van der Waals surface area contributed by atoms with E-state index in [1.54, 1.807) is 41.3 Å². The predicted octanol–water partition coefficient (Wildman–Crippen LogP) is 4.82. The van der Waals surface area contributed by atoms with Crippen molar-refractivity contribution < 1.29 is 4.79 Å². The molecule has 0 fully saturated rings. The zero-order valence-corrected chi connectivity index (χ0v) is 17.4. The third-order valence-corrected chi connectivity index (χ3v) is 5.07. The normalized spacial score (nSPS) is 11.1. The Labute approximate surface area is 184 Å². The number of aromatic nitrogens is 2. The summed E-state index contributed by atoms with van der Waals surface area (Å²) in [5.74, 6) is 0.244. The number of H-pyrrole nitrogens is 1. The van der Waals surface area contributed by atoms with Crippen molar-refractivity contribution >= 4 is 34.5 Å². The highest BCUT2D eigenvalue weighted by atomic mass is 35.5. The van der Waals surface area contributed by atoms with E-state index in [2.05, 4.69) is 9.97 Å². The number of benzene rings is 3. The van der Waals surface area contributed by atoms with Crippen molar-refractivity contribution in [2.45, 2.75) is 13.1 Å². The van der Waals surface area contributed by atoms with Gasteiger partial charge in [-0.25, -0.2) is 4.98 Å². The fourth-order valence-corrected chi connectivity index (χ4v) is 3.38. The van der Waals surface area contributed by atoms with Crippen LogP contribution in [0.15, 0.2) is 89.7 Å². The third-order valence-electron chi connectivity index (χ3n) is 4.82. The molecule has 4 rings (SSSR count). The van der Waals surface area contributed by atoms with Crippen LogP contribution in [0.25, 0.3) is 17.0 Å². The first-order chi connectivity index (χ1) is 15.1. The van der Waals surface area contributed by atoms with Crippen LogP contribution < -0.4 is 5.56 Å². The molecule has 0 bridgehead atoms. The second kappa shape index (κ2) is 9.41. The summed E-state index contributed by atoms with van der Waals surface area (Å²) < 4.78 is 0. The third kappa shape index (κ3) is 5.27. The van der Waals surface area contributed by atoms with Crippen molar-refractivity contribution in [1.82, 2.24) is 14.9 Å². The molecular formula is C25H20ClN3O2. The molecule has 1 heterocycles. The minimum absolute atomic E-state index is 0.167. The maximum atomic E-state index is 13.0. The number of hydrogen-bond donors (Lipinski definition) is 1. The van der Waals surface area contributed by atoms with Crippen molar-refractivity contribution in [2.75, 3.05) is 0 Å². The molecular weight excluding hydrogens is 410 g/mol. The smallest absolute Gasteiger partial charge is 0.258 e. The number of aromatic amines is 1. The van der Waals surface area contributed by atoms with Crippen molar-refractivity contribution in [3.63, 3.8) is 0 Å². The van der Waals surface area contributed by atoms with Crippen LogP contribution in [-0.2, 0) is 17.9 Å². The van der Waals surface area contributed by atoms with E-state index in [0.717, 1.165) is 11.1 Å². The summed E-state index contributed by atoms with van der Waals surface area (Å²) >= 11 is 5.99. The fourth-order valence-electron chi connectivity index (χ4n) is 3.25. The van der Waals surface area contributed by atoms with Crippen molar-refractivity contribution in [1.29, 1.82) is 0 Å². The average Bonchev–Trinajstić information content (AvgIpc) is 2.79. The topological polar surface area (TPSA) is 66.1 Å². The van der Waals surface area contributed by atoms with E-state index in [1.807, 2.05) is 48.5 Å². The number of amides is 1. The number of hydrogen-bond acceptors (Lipinski definition) is 3. The molecule has 0 unspecified atom stereocenters. The van der Waals surface area contributed by atoms with Crippen LogP contribution in [-0.4, -0.2) is 20.8 Å². The van der Waals surface area contributed by atoms with Crippen molar-refractivity contribution in [3.8, 4) is 0 Å². The van der Waals surface area contributed by atoms with Crippen LogP contribution in [0.5, 0.6) is 0 Å².